The number of ether oxygens (including phenoxy) is 4. The summed E-state index contributed by atoms with van der Waals surface area (Å²) in [5.41, 5.74) is 7.09. The highest BCUT2D eigenvalue weighted by Gasteiger charge is 2.28. The Bertz CT molecular complexity index is 1700. The van der Waals surface area contributed by atoms with Crippen molar-refractivity contribution in [1.29, 1.82) is 0 Å². The van der Waals surface area contributed by atoms with Crippen LogP contribution < -0.4 is 9.47 Å². The van der Waals surface area contributed by atoms with Crippen molar-refractivity contribution in [3.63, 3.8) is 0 Å². The lowest BCUT2D eigenvalue weighted by Crippen LogP contribution is -2.26. The summed E-state index contributed by atoms with van der Waals surface area (Å²) in [5, 5.41) is 0. The van der Waals surface area contributed by atoms with Crippen LogP contribution in [-0.2, 0) is 49.5 Å². The van der Waals surface area contributed by atoms with Crippen molar-refractivity contribution in [1.82, 2.24) is 0 Å². The van der Waals surface area contributed by atoms with Gasteiger partial charge in [0.1, 0.15) is 11.5 Å². The van der Waals surface area contributed by atoms with E-state index in [1.54, 1.807) is 50.2 Å². The van der Waals surface area contributed by atoms with Gasteiger partial charge in [0, 0.05) is 13.8 Å². The Hall–Kier alpha value is -5.24. The Balaban J connectivity index is 0.000000566. The fourth-order valence-corrected chi connectivity index (χ4v) is 6.08. The van der Waals surface area contributed by atoms with E-state index in [1.165, 1.54) is 41.7 Å². The van der Waals surface area contributed by atoms with Gasteiger partial charge in [0.15, 0.2) is 0 Å². The molecule has 0 aromatic heterocycles. The SMILES string of the molecule is CCOC(C)=O.CCOC(C)=O.CCc1ccc(Cc2ccc(CC3CCC(C(=O)Oc4ccc(OC(=O)c5ccc(CC)cc5)cc4)CC3)cc2)cc1. The zero-order chi connectivity index (χ0) is 39.3. The molecule has 54 heavy (non-hydrogen) atoms. The van der Waals surface area contributed by atoms with Crippen LogP contribution in [-0.4, -0.2) is 37.1 Å². The van der Waals surface area contributed by atoms with Gasteiger partial charge in [-0.15, -0.1) is 0 Å². The molecule has 4 aromatic rings. The Morgan fingerprint density at radius 2 is 0.926 bits per heavy atom. The molecule has 0 spiro atoms. The zero-order valence-electron chi connectivity index (χ0n) is 32.7. The normalized spacial score (nSPS) is 14.6. The van der Waals surface area contributed by atoms with Gasteiger partial charge in [-0.1, -0.05) is 74.5 Å². The molecule has 0 N–H and O–H groups in total. The highest BCUT2D eigenvalue weighted by atomic mass is 16.5. The first-order valence-corrected chi connectivity index (χ1v) is 19.1. The molecule has 1 fully saturated rings. The quantitative estimate of drug-likeness (QED) is 0.105. The summed E-state index contributed by atoms with van der Waals surface area (Å²) < 4.78 is 20.0. The van der Waals surface area contributed by atoms with Gasteiger partial charge in [0.2, 0.25) is 0 Å². The van der Waals surface area contributed by atoms with Gasteiger partial charge in [0.05, 0.1) is 24.7 Å². The number of hydrogen-bond donors (Lipinski definition) is 0. The molecule has 0 heterocycles. The molecule has 1 aliphatic rings. The van der Waals surface area contributed by atoms with Crippen LogP contribution in [0.4, 0.5) is 0 Å². The minimum Gasteiger partial charge on any atom is -0.466 e. The molecule has 0 bridgehead atoms. The molecule has 0 unspecified atom stereocenters. The predicted octanol–water partition coefficient (Wildman–Crippen LogP) is 9.71. The van der Waals surface area contributed by atoms with E-state index < -0.39 is 5.97 Å². The van der Waals surface area contributed by atoms with Crippen LogP contribution in [0.3, 0.4) is 0 Å². The molecule has 8 nitrogen and oxygen atoms in total. The second-order valence-corrected chi connectivity index (χ2v) is 13.3. The number of rotatable bonds is 12. The van der Waals surface area contributed by atoms with Crippen LogP contribution in [0.5, 0.6) is 11.5 Å². The summed E-state index contributed by atoms with van der Waals surface area (Å²) in [5.74, 6) is 0.391. The molecule has 5 rings (SSSR count). The summed E-state index contributed by atoms with van der Waals surface area (Å²) in [4.78, 5) is 44.9. The third kappa shape index (κ3) is 15.8. The second kappa shape index (κ2) is 23.4. The summed E-state index contributed by atoms with van der Waals surface area (Å²) in [6, 6.07) is 32.0. The minimum absolute atomic E-state index is 0.0775. The van der Waals surface area contributed by atoms with Gasteiger partial charge < -0.3 is 18.9 Å². The van der Waals surface area contributed by atoms with E-state index in [0.717, 1.165) is 51.4 Å². The van der Waals surface area contributed by atoms with Crippen molar-refractivity contribution in [3.05, 3.63) is 130 Å². The summed E-state index contributed by atoms with van der Waals surface area (Å²) >= 11 is 0. The van der Waals surface area contributed by atoms with Crippen LogP contribution in [0.25, 0.3) is 0 Å². The number of benzene rings is 4. The van der Waals surface area contributed by atoms with E-state index in [0.29, 0.717) is 36.2 Å². The van der Waals surface area contributed by atoms with Crippen molar-refractivity contribution in [3.8, 4) is 11.5 Å². The van der Waals surface area contributed by atoms with E-state index in [2.05, 4.69) is 71.9 Å². The van der Waals surface area contributed by atoms with E-state index in [1.807, 2.05) is 12.1 Å². The number of carbonyl (C=O) groups excluding carboxylic acids is 4. The highest BCUT2D eigenvalue weighted by Crippen LogP contribution is 2.32. The molecule has 0 atom stereocenters. The van der Waals surface area contributed by atoms with Gasteiger partial charge >= 0.3 is 23.9 Å². The van der Waals surface area contributed by atoms with Crippen LogP contribution in [0.1, 0.15) is 105 Å². The second-order valence-electron chi connectivity index (χ2n) is 13.3. The van der Waals surface area contributed by atoms with Crippen LogP contribution >= 0.6 is 0 Å². The third-order valence-electron chi connectivity index (χ3n) is 9.11. The minimum atomic E-state index is -0.409. The summed E-state index contributed by atoms with van der Waals surface area (Å²) in [6.07, 6.45) is 7.75. The van der Waals surface area contributed by atoms with Gasteiger partial charge in [-0.25, -0.2) is 4.79 Å². The van der Waals surface area contributed by atoms with Crippen molar-refractivity contribution in [2.24, 2.45) is 11.8 Å². The van der Waals surface area contributed by atoms with E-state index >= 15 is 0 Å². The predicted molar refractivity (Wildman–Crippen MR) is 212 cm³/mol. The average Bonchev–Trinajstić information content (AvgIpc) is 3.17. The maximum atomic E-state index is 12.8. The van der Waals surface area contributed by atoms with Gasteiger partial charge in [-0.3, -0.25) is 14.4 Å². The maximum Gasteiger partial charge on any atom is 0.343 e. The molecule has 8 heteroatoms. The molecule has 1 saturated carbocycles. The monoisotopic (exact) mass is 736 g/mol. The number of carbonyl (C=O) groups is 4. The Morgan fingerprint density at radius 3 is 1.33 bits per heavy atom. The van der Waals surface area contributed by atoms with E-state index in [4.69, 9.17) is 9.47 Å². The molecule has 0 saturated heterocycles. The summed E-state index contributed by atoms with van der Waals surface area (Å²) in [7, 11) is 0. The number of esters is 4. The summed E-state index contributed by atoms with van der Waals surface area (Å²) in [6.45, 7) is 11.6. The first-order chi connectivity index (χ1) is 26.0. The maximum absolute atomic E-state index is 12.8. The molecule has 288 valence electrons. The highest BCUT2D eigenvalue weighted by molar-refractivity contribution is 5.91. The Morgan fingerprint density at radius 1 is 0.519 bits per heavy atom. The van der Waals surface area contributed by atoms with Gasteiger partial charge in [-0.2, -0.15) is 0 Å². The topological polar surface area (TPSA) is 105 Å². The molecule has 0 aliphatic heterocycles. The molecule has 4 aromatic carbocycles. The lowest BCUT2D eigenvalue weighted by atomic mass is 9.79. The lowest BCUT2D eigenvalue weighted by Gasteiger charge is -2.27. The Kier molecular flexibility index (Phi) is 18.7. The molecule has 0 amide bonds. The Labute approximate surface area is 321 Å². The molecular formula is C46H56O8. The number of hydrogen-bond acceptors (Lipinski definition) is 8. The molecule has 0 radical (unpaired) electrons. The van der Waals surface area contributed by atoms with Crippen LogP contribution in [0, 0.1) is 11.8 Å². The zero-order valence-corrected chi connectivity index (χ0v) is 32.7. The third-order valence-corrected chi connectivity index (χ3v) is 9.11. The van der Waals surface area contributed by atoms with E-state index in [-0.39, 0.29) is 23.8 Å². The largest absolute Gasteiger partial charge is 0.466 e. The standard InChI is InChI=1S/C38H40O4.2C4H8O2/c1-3-27-5-7-29(8-6-27)25-30-9-11-31(12-10-30)26-32-15-19-34(20-16-32)38(40)42-36-23-21-35(22-24-36)41-37(39)33-17-13-28(4-2)14-18-33;2*1-3-6-4(2)5/h5-14,17-18,21-24,32,34H,3-4,15-16,19-20,25-26H2,1-2H3;2*3H2,1-2H3. The molecular weight excluding hydrogens is 680 g/mol. The van der Waals surface area contributed by atoms with E-state index in [9.17, 15) is 19.2 Å². The van der Waals surface area contributed by atoms with Crippen LogP contribution in [0.15, 0.2) is 97.1 Å². The lowest BCUT2D eigenvalue weighted by molar-refractivity contribution is -0.141. The van der Waals surface area contributed by atoms with Gasteiger partial charge in [0.25, 0.3) is 0 Å². The van der Waals surface area contributed by atoms with Crippen molar-refractivity contribution in [2.45, 2.75) is 92.9 Å². The van der Waals surface area contributed by atoms with Crippen molar-refractivity contribution < 1.29 is 38.1 Å². The fourth-order valence-electron chi connectivity index (χ4n) is 6.08. The number of aryl methyl sites for hydroxylation is 2. The molecule has 1 aliphatic carbocycles. The fraction of sp³-hybridized carbons (Fsp3) is 0.391. The van der Waals surface area contributed by atoms with Crippen molar-refractivity contribution >= 4 is 23.9 Å². The first kappa shape index (κ1) is 43.2. The van der Waals surface area contributed by atoms with Crippen molar-refractivity contribution in [2.75, 3.05) is 13.2 Å². The smallest absolute Gasteiger partial charge is 0.343 e. The van der Waals surface area contributed by atoms with Gasteiger partial charge in [-0.05, 0) is 135 Å². The van der Waals surface area contributed by atoms with Crippen LogP contribution in [0.2, 0.25) is 0 Å². The first-order valence-electron chi connectivity index (χ1n) is 19.1. The average molecular weight is 737 g/mol.